The number of methoxy groups -OCH3 is 1. The molecule has 0 atom stereocenters. The lowest BCUT2D eigenvalue weighted by molar-refractivity contribution is -0.137. The Kier molecular flexibility index (Phi) is 8.27. The second kappa shape index (κ2) is 12.2. The number of alkyl halides is 3. The largest absolute Gasteiger partial charge is 0.493 e. The third-order valence-corrected chi connectivity index (χ3v) is 6.41. The summed E-state index contributed by atoms with van der Waals surface area (Å²) < 4.78 is 53.4. The van der Waals surface area contributed by atoms with E-state index in [1.54, 1.807) is 61.8 Å². The first-order chi connectivity index (χ1) is 20.6. The zero-order valence-electron chi connectivity index (χ0n) is 23.1. The zero-order valence-corrected chi connectivity index (χ0v) is 23.1. The smallest absolute Gasteiger partial charge is 0.419 e. The van der Waals surface area contributed by atoms with E-state index in [1.165, 1.54) is 17.8 Å². The van der Waals surface area contributed by atoms with Gasteiger partial charge in [-0.05, 0) is 61.9 Å². The number of carbonyl (C=O) groups excluding carboxylic acids is 1. The first kappa shape index (κ1) is 29.1. The third kappa shape index (κ3) is 6.58. The van der Waals surface area contributed by atoms with Gasteiger partial charge in [0.25, 0.3) is 0 Å². The molecule has 222 valence electrons. The highest BCUT2D eigenvalue weighted by atomic mass is 19.4. The highest BCUT2D eigenvalue weighted by molar-refractivity contribution is 5.89. The molecule has 5 aromatic rings. The van der Waals surface area contributed by atoms with Crippen molar-refractivity contribution in [3.05, 3.63) is 78.4 Å². The number of hydrogen-bond donors (Lipinski definition) is 3. The Morgan fingerprint density at radius 3 is 2.58 bits per heavy atom. The third-order valence-electron chi connectivity index (χ3n) is 6.41. The molecule has 0 saturated carbocycles. The highest BCUT2D eigenvalue weighted by Gasteiger charge is 2.34. The van der Waals surface area contributed by atoms with Crippen molar-refractivity contribution >= 4 is 23.2 Å². The van der Waals surface area contributed by atoms with Crippen LogP contribution in [0.1, 0.15) is 17.7 Å². The SMILES string of the molecule is COc1cc(-c2ccc3nc(C)c(-c4cnc(N)c(C(F)(F)F)c4)n3n2)ccc1OCCCNC(=O)Nc1ccncc1. The van der Waals surface area contributed by atoms with E-state index in [4.69, 9.17) is 15.2 Å². The Bertz CT molecular complexity index is 1760. The average Bonchev–Trinajstić information content (AvgIpc) is 3.32. The second-order valence-electron chi connectivity index (χ2n) is 9.37. The molecular formula is C29H27F3N8O3. The molecule has 0 radical (unpaired) electrons. The van der Waals surface area contributed by atoms with Crippen LogP contribution in [-0.2, 0) is 6.18 Å². The van der Waals surface area contributed by atoms with Crippen molar-refractivity contribution in [2.75, 3.05) is 31.3 Å². The Labute approximate surface area is 243 Å². The van der Waals surface area contributed by atoms with E-state index in [1.807, 2.05) is 0 Å². The van der Waals surface area contributed by atoms with Gasteiger partial charge in [-0.2, -0.15) is 18.3 Å². The van der Waals surface area contributed by atoms with Gasteiger partial charge in [-0.3, -0.25) is 4.98 Å². The van der Waals surface area contributed by atoms with Gasteiger partial charge in [0, 0.05) is 41.9 Å². The summed E-state index contributed by atoms with van der Waals surface area (Å²) in [5.74, 6) is 0.358. The van der Waals surface area contributed by atoms with E-state index in [-0.39, 0.29) is 11.6 Å². The summed E-state index contributed by atoms with van der Waals surface area (Å²) in [5.41, 5.74) is 7.80. The molecule has 4 N–H and O–H groups in total. The van der Waals surface area contributed by atoms with Crippen molar-refractivity contribution in [2.45, 2.75) is 19.5 Å². The van der Waals surface area contributed by atoms with E-state index >= 15 is 0 Å². The van der Waals surface area contributed by atoms with Gasteiger partial charge in [0.15, 0.2) is 17.1 Å². The number of anilines is 2. The van der Waals surface area contributed by atoms with Gasteiger partial charge in [-0.1, -0.05) is 0 Å². The summed E-state index contributed by atoms with van der Waals surface area (Å²) in [7, 11) is 1.51. The summed E-state index contributed by atoms with van der Waals surface area (Å²) in [6.45, 7) is 2.40. The van der Waals surface area contributed by atoms with Crippen molar-refractivity contribution in [2.24, 2.45) is 0 Å². The molecule has 2 amide bonds. The number of nitrogens with zero attached hydrogens (tertiary/aromatic N) is 5. The summed E-state index contributed by atoms with van der Waals surface area (Å²) >= 11 is 0. The minimum atomic E-state index is -4.66. The molecule has 1 aromatic carbocycles. The predicted octanol–water partition coefficient (Wildman–Crippen LogP) is 5.36. The lowest BCUT2D eigenvalue weighted by Gasteiger charge is -2.13. The van der Waals surface area contributed by atoms with Crippen LogP contribution in [0, 0.1) is 6.92 Å². The molecule has 0 aliphatic carbocycles. The molecule has 0 saturated heterocycles. The van der Waals surface area contributed by atoms with E-state index < -0.39 is 17.6 Å². The topological polar surface area (TPSA) is 142 Å². The number of aromatic nitrogens is 5. The number of urea groups is 1. The minimum Gasteiger partial charge on any atom is -0.493 e. The Hall–Kier alpha value is -5.40. The van der Waals surface area contributed by atoms with Crippen molar-refractivity contribution in [1.29, 1.82) is 0 Å². The number of fused-ring (bicyclic) bond motifs is 1. The second-order valence-corrected chi connectivity index (χ2v) is 9.37. The molecule has 4 heterocycles. The molecule has 4 aromatic heterocycles. The fourth-order valence-electron chi connectivity index (χ4n) is 4.37. The number of imidazole rings is 1. The quantitative estimate of drug-likeness (QED) is 0.194. The number of aryl methyl sites for hydroxylation is 1. The Morgan fingerprint density at radius 1 is 1.05 bits per heavy atom. The average molecular weight is 593 g/mol. The van der Waals surface area contributed by atoms with Crippen LogP contribution in [-0.4, -0.2) is 50.9 Å². The van der Waals surface area contributed by atoms with Crippen LogP contribution < -0.4 is 25.8 Å². The van der Waals surface area contributed by atoms with Crippen LogP contribution in [0.5, 0.6) is 11.5 Å². The van der Waals surface area contributed by atoms with Crippen LogP contribution in [0.2, 0.25) is 0 Å². The lowest BCUT2D eigenvalue weighted by Crippen LogP contribution is -2.30. The standard InChI is InChI=1S/C29H27F3N8O3/c1-17-26(19-14-21(29(30,31)32)27(33)36-16-19)40-25(37-17)7-5-22(39-40)18-4-6-23(24(15-18)42-2)43-13-3-10-35-28(41)38-20-8-11-34-12-9-20/h4-9,11-12,14-16H,3,10,13H2,1-2H3,(H2,33,36)(H2,34,35,38,41). The molecule has 0 aliphatic rings. The van der Waals surface area contributed by atoms with Crippen molar-refractivity contribution in [3.63, 3.8) is 0 Å². The van der Waals surface area contributed by atoms with E-state index in [0.29, 0.717) is 65.1 Å². The zero-order chi connectivity index (χ0) is 30.6. The van der Waals surface area contributed by atoms with Gasteiger partial charge >= 0.3 is 12.2 Å². The molecule has 0 aliphatic heterocycles. The molecule has 5 rings (SSSR count). The van der Waals surface area contributed by atoms with E-state index in [9.17, 15) is 18.0 Å². The van der Waals surface area contributed by atoms with Gasteiger partial charge in [-0.15, -0.1) is 0 Å². The summed E-state index contributed by atoms with van der Waals surface area (Å²) in [6, 6.07) is 12.8. The molecule has 43 heavy (non-hydrogen) atoms. The molecule has 0 spiro atoms. The fraction of sp³-hybridized carbons (Fsp3) is 0.207. The normalized spacial score (nSPS) is 11.4. The number of nitrogens with one attached hydrogen (secondary N) is 2. The molecule has 0 unspecified atom stereocenters. The maximum Gasteiger partial charge on any atom is 0.419 e. The number of nitrogens with two attached hydrogens (primary N) is 1. The molecule has 14 heteroatoms. The van der Waals surface area contributed by atoms with E-state index in [2.05, 4.69) is 30.7 Å². The highest BCUT2D eigenvalue weighted by Crippen LogP contribution is 2.36. The van der Waals surface area contributed by atoms with Crippen LogP contribution in [0.3, 0.4) is 0 Å². The molecular weight excluding hydrogens is 565 g/mol. The lowest BCUT2D eigenvalue weighted by atomic mass is 10.1. The predicted molar refractivity (Wildman–Crippen MR) is 154 cm³/mol. The number of hydrogen-bond acceptors (Lipinski definition) is 8. The van der Waals surface area contributed by atoms with Crippen molar-refractivity contribution < 1.29 is 27.4 Å². The first-order valence-electron chi connectivity index (χ1n) is 13.1. The number of benzene rings is 1. The number of pyridine rings is 2. The van der Waals surface area contributed by atoms with Gasteiger partial charge in [0.1, 0.15) is 5.82 Å². The van der Waals surface area contributed by atoms with Gasteiger partial charge in [0.2, 0.25) is 0 Å². The van der Waals surface area contributed by atoms with Gasteiger partial charge in [0.05, 0.1) is 36.4 Å². The number of amides is 2. The number of ether oxygens (including phenoxy) is 2. The van der Waals surface area contributed by atoms with E-state index in [0.717, 1.165) is 6.07 Å². The number of halogens is 3. The van der Waals surface area contributed by atoms with Crippen molar-refractivity contribution in [3.8, 4) is 34.0 Å². The van der Waals surface area contributed by atoms with Crippen LogP contribution in [0.15, 0.2) is 67.1 Å². The maximum absolute atomic E-state index is 13.5. The number of carbonyl (C=O) groups is 1. The molecule has 0 fully saturated rings. The molecule has 0 bridgehead atoms. The summed E-state index contributed by atoms with van der Waals surface area (Å²) in [6.07, 6.45) is 0.328. The van der Waals surface area contributed by atoms with Gasteiger partial charge < -0.3 is 25.8 Å². The monoisotopic (exact) mass is 592 g/mol. The summed E-state index contributed by atoms with van der Waals surface area (Å²) in [5, 5.41) is 10.1. The van der Waals surface area contributed by atoms with Crippen LogP contribution in [0.25, 0.3) is 28.2 Å². The minimum absolute atomic E-state index is 0.182. The van der Waals surface area contributed by atoms with Gasteiger partial charge in [-0.25, -0.2) is 19.3 Å². The van der Waals surface area contributed by atoms with Crippen LogP contribution in [0.4, 0.5) is 29.5 Å². The molecule has 11 nitrogen and oxygen atoms in total. The Morgan fingerprint density at radius 2 is 1.84 bits per heavy atom. The fourth-order valence-corrected chi connectivity index (χ4v) is 4.37. The Balaban J connectivity index is 1.29. The summed E-state index contributed by atoms with van der Waals surface area (Å²) in [4.78, 5) is 24.1. The maximum atomic E-state index is 13.5. The van der Waals surface area contributed by atoms with Crippen LogP contribution >= 0.6 is 0 Å². The number of nitrogen functional groups attached to an aromatic ring is 1. The first-order valence-corrected chi connectivity index (χ1v) is 13.1. The van der Waals surface area contributed by atoms with Crippen molar-refractivity contribution in [1.82, 2.24) is 29.9 Å². The number of rotatable bonds is 9.